The van der Waals surface area contributed by atoms with Gasteiger partial charge < -0.3 is 4.42 Å². The summed E-state index contributed by atoms with van der Waals surface area (Å²) in [6, 6.07) is 10.3. The molecule has 0 bridgehead atoms. The largest absolute Gasteiger partial charge is 0.460 e. The molecule has 18 heavy (non-hydrogen) atoms. The summed E-state index contributed by atoms with van der Waals surface area (Å²) >= 11 is 0. The van der Waals surface area contributed by atoms with Crippen LogP contribution in [0.3, 0.4) is 0 Å². The van der Waals surface area contributed by atoms with Gasteiger partial charge in [0, 0.05) is 11.3 Å². The highest BCUT2D eigenvalue weighted by Gasteiger charge is 2.35. The van der Waals surface area contributed by atoms with Crippen LogP contribution >= 0.6 is 0 Å². The molecule has 0 radical (unpaired) electrons. The Bertz CT molecular complexity index is 595. The van der Waals surface area contributed by atoms with E-state index in [-0.39, 0.29) is 11.3 Å². The van der Waals surface area contributed by atoms with Crippen LogP contribution < -0.4 is 0 Å². The van der Waals surface area contributed by atoms with Crippen molar-refractivity contribution >= 4 is 11.0 Å². The third-order valence-corrected chi connectivity index (χ3v) is 3.81. The maximum Gasteiger partial charge on any atom is 0.134 e. The van der Waals surface area contributed by atoms with Crippen molar-refractivity contribution in [1.82, 2.24) is 0 Å². The smallest absolute Gasteiger partial charge is 0.134 e. The number of rotatable bonds is 1. The van der Waals surface area contributed by atoms with Crippen molar-refractivity contribution in [2.75, 3.05) is 0 Å². The Hall–Kier alpha value is -1.76. The summed E-state index contributed by atoms with van der Waals surface area (Å²) in [6.45, 7) is 8.71. The average molecular weight is 238 g/mol. The van der Waals surface area contributed by atoms with E-state index in [0.29, 0.717) is 0 Å². The lowest BCUT2D eigenvalue weighted by Gasteiger charge is -2.34. The van der Waals surface area contributed by atoms with E-state index in [9.17, 15) is 0 Å². The van der Waals surface area contributed by atoms with Crippen LogP contribution in [0.15, 0.2) is 59.1 Å². The Morgan fingerprint density at radius 1 is 1.28 bits per heavy atom. The minimum Gasteiger partial charge on any atom is -0.460 e. The summed E-state index contributed by atoms with van der Waals surface area (Å²) in [5.74, 6) is 1.31. The summed E-state index contributed by atoms with van der Waals surface area (Å²) in [4.78, 5) is 0. The molecule has 0 amide bonds. The first-order valence-corrected chi connectivity index (χ1v) is 6.42. The molecule has 0 fully saturated rings. The van der Waals surface area contributed by atoms with E-state index in [1.54, 1.807) is 0 Å². The van der Waals surface area contributed by atoms with Gasteiger partial charge in [-0.25, -0.2) is 0 Å². The van der Waals surface area contributed by atoms with E-state index in [4.69, 9.17) is 4.42 Å². The lowest BCUT2D eigenvalue weighted by Crippen LogP contribution is -2.23. The molecule has 1 atom stereocenters. The summed E-state index contributed by atoms with van der Waals surface area (Å²) in [6.07, 6.45) is 5.44. The van der Waals surface area contributed by atoms with Crippen molar-refractivity contribution in [3.05, 3.63) is 60.4 Å². The second kappa shape index (κ2) is 3.88. The quantitative estimate of drug-likeness (QED) is 0.633. The number of benzene rings is 1. The van der Waals surface area contributed by atoms with Crippen molar-refractivity contribution in [1.29, 1.82) is 0 Å². The van der Waals surface area contributed by atoms with E-state index in [2.05, 4.69) is 44.7 Å². The van der Waals surface area contributed by atoms with Gasteiger partial charge in [0.2, 0.25) is 0 Å². The molecule has 1 unspecified atom stereocenters. The first kappa shape index (κ1) is 11.3. The molecule has 1 aromatic heterocycles. The van der Waals surface area contributed by atoms with Gasteiger partial charge in [0.25, 0.3) is 0 Å². The molecule has 1 heterocycles. The Labute approximate surface area is 108 Å². The molecule has 1 nitrogen and oxygen atoms in total. The molecule has 2 aromatic rings. The first-order chi connectivity index (χ1) is 8.58. The fourth-order valence-corrected chi connectivity index (χ4v) is 2.97. The molecule has 3 rings (SSSR count). The van der Waals surface area contributed by atoms with Gasteiger partial charge in [0.15, 0.2) is 0 Å². The molecule has 0 saturated heterocycles. The molecule has 0 aliphatic heterocycles. The maximum absolute atomic E-state index is 6.02. The minimum absolute atomic E-state index is 0.0726. The molecule has 0 spiro atoms. The van der Waals surface area contributed by atoms with Crippen LogP contribution in [0, 0.1) is 5.41 Å². The standard InChI is InChI=1S/C17H18O/c1-12-7-6-10-17(2,3)16(12)15-11-13-8-4-5-9-14(13)18-15/h4-6,8-11,16H,1,7H2,2-3H3. The van der Waals surface area contributed by atoms with Crippen LogP contribution in [0.5, 0.6) is 0 Å². The minimum atomic E-state index is 0.0726. The van der Waals surface area contributed by atoms with Crippen molar-refractivity contribution in [3.8, 4) is 0 Å². The molecular weight excluding hydrogens is 220 g/mol. The van der Waals surface area contributed by atoms with Gasteiger partial charge >= 0.3 is 0 Å². The first-order valence-electron chi connectivity index (χ1n) is 6.42. The number of fused-ring (bicyclic) bond motifs is 1. The van der Waals surface area contributed by atoms with Gasteiger partial charge in [-0.05, 0) is 24.0 Å². The monoisotopic (exact) mass is 238 g/mol. The van der Waals surface area contributed by atoms with E-state index < -0.39 is 0 Å². The molecule has 1 aliphatic carbocycles. The van der Waals surface area contributed by atoms with Crippen molar-refractivity contribution < 1.29 is 4.42 Å². The van der Waals surface area contributed by atoms with Gasteiger partial charge in [-0.15, -0.1) is 0 Å². The zero-order valence-electron chi connectivity index (χ0n) is 10.9. The third-order valence-electron chi connectivity index (χ3n) is 3.81. The number of hydrogen-bond acceptors (Lipinski definition) is 1. The zero-order valence-corrected chi connectivity index (χ0v) is 10.9. The SMILES string of the molecule is C=C1CC=CC(C)(C)C1c1cc2ccccc2o1. The van der Waals surface area contributed by atoms with Gasteiger partial charge in [-0.3, -0.25) is 0 Å². The van der Waals surface area contributed by atoms with Crippen LogP contribution in [0.2, 0.25) is 0 Å². The highest BCUT2D eigenvalue weighted by Crippen LogP contribution is 2.46. The molecule has 1 aliphatic rings. The van der Waals surface area contributed by atoms with Crippen LogP contribution in [0.25, 0.3) is 11.0 Å². The number of furan rings is 1. The van der Waals surface area contributed by atoms with Crippen molar-refractivity contribution in [2.24, 2.45) is 5.41 Å². The Morgan fingerprint density at radius 3 is 2.78 bits per heavy atom. The fraction of sp³-hybridized carbons (Fsp3) is 0.294. The van der Waals surface area contributed by atoms with E-state index in [0.717, 1.165) is 17.8 Å². The molecular formula is C17H18O. The van der Waals surface area contributed by atoms with Crippen LogP contribution in [0.1, 0.15) is 31.9 Å². The van der Waals surface area contributed by atoms with Crippen LogP contribution in [0.4, 0.5) is 0 Å². The molecule has 1 aromatic carbocycles. The van der Waals surface area contributed by atoms with Crippen molar-refractivity contribution in [2.45, 2.75) is 26.2 Å². The second-order valence-corrected chi connectivity index (χ2v) is 5.71. The van der Waals surface area contributed by atoms with Gasteiger partial charge in [0.05, 0.1) is 0 Å². The van der Waals surface area contributed by atoms with E-state index in [1.165, 1.54) is 11.0 Å². The predicted molar refractivity (Wildman–Crippen MR) is 75.6 cm³/mol. The Morgan fingerprint density at radius 2 is 2.06 bits per heavy atom. The van der Waals surface area contributed by atoms with Gasteiger partial charge in [-0.1, -0.05) is 56.4 Å². The van der Waals surface area contributed by atoms with E-state index in [1.807, 2.05) is 18.2 Å². The van der Waals surface area contributed by atoms with Gasteiger partial charge in [0.1, 0.15) is 11.3 Å². The van der Waals surface area contributed by atoms with Gasteiger partial charge in [-0.2, -0.15) is 0 Å². The summed E-state index contributed by atoms with van der Waals surface area (Å²) in [5.41, 5.74) is 2.27. The highest BCUT2D eigenvalue weighted by molar-refractivity contribution is 5.78. The molecule has 1 heteroatoms. The summed E-state index contributed by atoms with van der Waals surface area (Å²) in [7, 11) is 0. The number of allylic oxidation sites excluding steroid dienone is 3. The summed E-state index contributed by atoms with van der Waals surface area (Å²) < 4.78 is 6.02. The third kappa shape index (κ3) is 1.71. The lowest BCUT2D eigenvalue weighted by molar-refractivity contribution is 0.348. The van der Waals surface area contributed by atoms with Crippen LogP contribution in [-0.2, 0) is 0 Å². The number of para-hydroxylation sites is 1. The topological polar surface area (TPSA) is 13.1 Å². The lowest BCUT2D eigenvalue weighted by atomic mass is 9.69. The molecule has 0 saturated carbocycles. The Kier molecular flexibility index (Phi) is 2.44. The highest BCUT2D eigenvalue weighted by atomic mass is 16.3. The van der Waals surface area contributed by atoms with E-state index >= 15 is 0 Å². The summed E-state index contributed by atoms with van der Waals surface area (Å²) in [5, 5.41) is 1.17. The fourth-order valence-electron chi connectivity index (χ4n) is 2.97. The number of hydrogen-bond donors (Lipinski definition) is 0. The predicted octanol–water partition coefficient (Wildman–Crippen LogP) is 5.06. The zero-order chi connectivity index (χ0) is 12.8. The Balaban J connectivity index is 2.13. The maximum atomic E-state index is 6.02. The van der Waals surface area contributed by atoms with Crippen LogP contribution in [-0.4, -0.2) is 0 Å². The second-order valence-electron chi connectivity index (χ2n) is 5.71. The molecule has 92 valence electrons. The van der Waals surface area contributed by atoms with Crippen molar-refractivity contribution in [3.63, 3.8) is 0 Å². The molecule has 0 N–H and O–H groups in total. The average Bonchev–Trinajstić information content (AvgIpc) is 2.70. The normalized spacial score (nSPS) is 22.6.